The number of nitrogens with zero attached hydrogens (tertiary/aromatic N) is 3. The van der Waals surface area contributed by atoms with Crippen LogP contribution in [-0.2, 0) is 10.2 Å². The van der Waals surface area contributed by atoms with Crippen LogP contribution in [0.1, 0.15) is 71.0 Å². The van der Waals surface area contributed by atoms with Crippen molar-refractivity contribution in [2.45, 2.75) is 71.4 Å². The summed E-state index contributed by atoms with van der Waals surface area (Å²) in [5.74, 6) is 0.0365. The van der Waals surface area contributed by atoms with Crippen LogP contribution in [-0.4, -0.2) is 45.2 Å². The van der Waals surface area contributed by atoms with Crippen LogP contribution in [0, 0.1) is 0 Å². The van der Waals surface area contributed by atoms with Crippen molar-refractivity contribution in [2.24, 2.45) is 0 Å². The zero-order chi connectivity index (χ0) is 17.4. The van der Waals surface area contributed by atoms with E-state index in [1.807, 2.05) is 20.8 Å². The molecule has 0 aromatic carbocycles. The molecule has 1 atom stereocenters. The summed E-state index contributed by atoms with van der Waals surface area (Å²) >= 11 is 0. The molecule has 0 unspecified atom stereocenters. The minimum Gasteiger partial charge on any atom is -0.444 e. The second kappa shape index (κ2) is 5.94. The van der Waals surface area contributed by atoms with Crippen LogP contribution in [0.3, 0.4) is 0 Å². The summed E-state index contributed by atoms with van der Waals surface area (Å²) in [7, 11) is 0. The van der Waals surface area contributed by atoms with E-state index >= 15 is 0 Å². The van der Waals surface area contributed by atoms with E-state index in [1.165, 1.54) is 4.90 Å². The third-order valence-corrected chi connectivity index (χ3v) is 3.46. The van der Waals surface area contributed by atoms with Gasteiger partial charge in [0, 0.05) is 12.0 Å². The van der Waals surface area contributed by atoms with Gasteiger partial charge < -0.3 is 9.15 Å². The third kappa shape index (κ3) is 4.09. The van der Waals surface area contributed by atoms with Gasteiger partial charge in [-0.15, -0.1) is 10.2 Å². The molecule has 0 saturated carbocycles. The Balaban J connectivity index is 2.15. The van der Waals surface area contributed by atoms with Crippen LogP contribution >= 0.6 is 0 Å². The van der Waals surface area contributed by atoms with Crippen LogP contribution in [0.15, 0.2) is 4.42 Å². The number of Topliss-reactive ketones (excluding diaryl/α,β-unsaturated/α-hetero) is 1. The highest BCUT2D eigenvalue weighted by Gasteiger charge is 2.39. The summed E-state index contributed by atoms with van der Waals surface area (Å²) in [5.41, 5.74) is -0.927. The molecule has 0 bridgehead atoms. The zero-order valence-corrected chi connectivity index (χ0v) is 14.7. The number of ether oxygens (including phenoxy) is 1. The van der Waals surface area contributed by atoms with Crippen molar-refractivity contribution < 1.29 is 18.7 Å². The van der Waals surface area contributed by atoms with Gasteiger partial charge in [0.2, 0.25) is 11.7 Å². The maximum Gasteiger partial charge on any atom is 0.410 e. The molecule has 2 heterocycles. The molecule has 1 saturated heterocycles. The fourth-order valence-electron chi connectivity index (χ4n) is 2.35. The quantitative estimate of drug-likeness (QED) is 0.778. The lowest BCUT2D eigenvalue weighted by molar-refractivity contribution is 0.0218. The first-order chi connectivity index (χ1) is 10.5. The molecule has 0 N–H and O–H groups in total. The fourth-order valence-corrected chi connectivity index (χ4v) is 2.35. The Morgan fingerprint density at radius 3 is 2.35 bits per heavy atom. The normalized spacial score (nSPS) is 19.0. The second-order valence-corrected chi connectivity index (χ2v) is 7.86. The Kier molecular flexibility index (Phi) is 4.50. The van der Waals surface area contributed by atoms with E-state index in [2.05, 4.69) is 10.2 Å². The highest BCUT2D eigenvalue weighted by Crippen LogP contribution is 2.25. The molecule has 1 aromatic heterocycles. The topological polar surface area (TPSA) is 85.5 Å². The van der Waals surface area contributed by atoms with Crippen molar-refractivity contribution in [3.05, 3.63) is 11.8 Å². The second-order valence-electron chi connectivity index (χ2n) is 7.86. The first kappa shape index (κ1) is 17.4. The van der Waals surface area contributed by atoms with Crippen molar-refractivity contribution in [1.29, 1.82) is 0 Å². The number of likely N-dealkylation sites (tertiary alicyclic amines) is 1. The monoisotopic (exact) mass is 323 g/mol. The largest absolute Gasteiger partial charge is 0.444 e. The maximum absolute atomic E-state index is 12.6. The summed E-state index contributed by atoms with van der Waals surface area (Å²) in [5, 5.41) is 7.79. The van der Waals surface area contributed by atoms with Gasteiger partial charge in [-0.3, -0.25) is 9.69 Å². The van der Waals surface area contributed by atoms with E-state index < -0.39 is 17.7 Å². The van der Waals surface area contributed by atoms with Gasteiger partial charge in [-0.25, -0.2) is 4.79 Å². The Morgan fingerprint density at radius 2 is 1.83 bits per heavy atom. The van der Waals surface area contributed by atoms with Gasteiger partial charge in [-0.2, -0.15) is 0 Å². The zero-order valence-electron chi connectivity index (χ0n) is 14.7. The van der Waals surface area contributed by atoms with Crippen molar-refractivity contribution >= 4 is 11.9 Å². The van der Waals surface area contributed by atoms with Gasteiger partial charge in [-0.1, -0.05) is 20.8 Å². The minimum atomic E-state index is -0.600. The van der Waals surface area contributed by atoms with Crippen molar-refractivity contribution in [2.75, 3.05) is 6.54 Å². The van der Waals surface area contributed by atoms with Crippen LogP contribution in [0.25, 0.3) is 0 Å². The molecule has 1 aliphatic rings. The van der Waals surface area contributed by atoms with Crippen molar-refractivity contribution in [1.82, 2.24) is 15.1 Å². The van der Waals surface area contributed by atoms with Gasteiger partial charge >= 0.3 is 6.09 Å². The first-order valence-corrected chi connectivity index (χ1v) is 7.87. The predicted octanol–water partition coefficient (Wildman–Crippen LogP) is 2.95. The van der Waals surface area contributed by atoms with Crippen molar-refractivity contribution in [3.8, 4) is 0 Å². The van der Waals surface area contributed by atoms with Crippen LogP contribution in [0.5, 0.6) is 0 Å². The molecule has 1 amide bonds. The third-order valence-electron chi connectivity index (χ3n) is 3.46. The number of rotatable bonds is 2. The first-order valence-electron chi connectivity index (χ1n) is 7.87. The van der Waals surface area contributed by atoms with E-state index in [0.29, 0.717) is 18.9 Å². The lowest BCUT2D eigenvalue weighted by Crippen LogP contribution is -2.43. The van der Waals surface area contributed by atoms with Gasteiger partial charge in [0.05, 0.1) is 0 Å². The Morgan fingerprint density at radius 1 is 1.17 bits per heavy atom. The molecule has 1 aromatic rings. The molecule has 23 heavy (non-hydrogen) atoms. The molecule has 1 aliphatic heterocycles. The van der Waals surface area contributed by atoms with Gasteiger partial charge in [0.25, 0.3) is 5.89 Å². The van der Waals surface area contributed by atoms with Crippen LogP contribution in [0.2, 0.25) is 0 Å². The number of hydrogen-bond acceptors (Lipinski definition) is 6. The van der Waals surface area contributed by atoms with E-state index in [-0.39, 0.29) is 17.1 Å². The van der Waals surface area contributed by atoms with E-state index in [4.69, 9.17) is 9.15 Å². The van der Waals surface area contributed by atoms with E-state index in [0.717, 1.165) is 6.42 Å². The molecule has 0 aliphatic carbocycles. The molecule has 1 fully saturated rings. The Bertz CT molecular complexity index is 595. The fraction of sp³-hybridized carbons (Fsp3) is 0.750. The number of amides is 1. The number of ketones is 1. The molecular formula is C16H25N3O4. The van der Waals surface area contributed by atoms with Crippen LogP contribution in [0.4, 0.5) is 4.79 Å². The number of carbonyl (C=O) groups is 2. The molecule has 7 nitrogen and oxygen atoms in total. The average Bonchev–Trinajstić information content (AvgIpc) is 3.04. The Hall–Kier alpha value is -1.92. The number of carbonyl (C=O) groups excluding carboxylic acids is 2. The lowest BCUT2D eigenvalue weighted by Gasteiger charge is -2.27. The number of hydrogen-bond donors (Lipinski definition) is 0. The summed E-state index contributed by atoms with van der Waals surface area (Å²) in [6.07, 6.45) is 0.838. The molecule has 0 radical (unpaired) electrons. The van der Waals surface area contributed by atoms with E-state index in [9.17, 15) is 9.59 Å². The highest BCUT2D eigenvalue weighted by molar-refractivity contribution is 5.98. The number of aromatic nitrogens is 2. The lowest BCUT2D eigenvalue weighted by atomic mass is 9.97. The molecule has 0 spiro atoms. The van der Waals surface area contributed by atoms with Gasteiger partial charge in [0.1, 0.15) is 11.6 Å². The summed E-state index contributed by atoms with van der Waals surface area (Å²) in [6, 6.07) is -0.599. The molecule has 128 valence electrons. The van der Waals surface area contributed by atoms with Gasteiger partial charge in [0.15, 0.2) is 0 Å². The highest BCUT2D eigenvalue weighted by atomic mass is 16.6. The summed E-state index contributed by atoms with van der Waals surface area (Å²) < 4.78 is 10.9. The van der Waals surface area contributed by atoms with Crippen LogP contribution < -0.4 is 0 Å². The SMILES string of the molecule is CC(C)(C)OC(=O)N1CCC[C@@H]1C(=O)c1nnc(C(C)(C)C)o1. The smallest absolute Gasteiger partial charge is 0.410 e. The van der Waals surface area contributed by atoms with Gasteiger partial charge in [-0.05, 0) is 33.6 Å². The van der Waals surface area contributed by atoms with Crippen molar-refractivity contribution in [3.63, 3.8) is 0 Å². The standard InChI is InChI=1S/C16H25N3O4/c1-15(2,3)13-18-17-12(22-13)11(20)10-8-7-9-19(10)14(21)23-16(4,5)6/h10H,7-9H2,1-6H3/t10-/m1/s1. The molecule has 2 rings (SSSR count). The summed E-state index contributed by atoms with van der Waals surface area (Å²) in [4.78, 5) is 26.3. The predicted molar refractivity (Wildman–Crippen MR) is 83.3 cm³/mol. The Labute approximate surface area is 136 Å². The van der Waals surface area contributed by atoms with E-state index in [1.54, 1.807) is 20.8 Å². The minimum absolute atomic E-state index is 0.0459. The average molecular weight is 323 g/mol. The molecule has 7 heteroatoms. The summed E-state index contributed by atoms with van der Waals surface area (Å²) in [6.45, 7) is 11.7. The maximum atomic E-state index is 12.6. The molecular weight excluding hydrogens is 298 g/mol.